The zero-order valence-corrected chi connectivity index (χ0v) is 13.1. The van der Waals surface area contributed by atoms with Crippen molar-refractivity contribution in [3.63, 3.8) is 0 Å². The molecular formula is C13H19N5O2S. The summed E-state index contributed by atoms with van der Waals surface area (Å²) in [6.45, 7) is 3.95. The minimum atomic E-state index is -3.62. The highest BCUT2D eigenvalue weighted by molar-refractivity contribution is 7.89. The molecule has 0 bridgehead atoms. The lowest BCUT2D eigenvalue weighted by Crippen LogP contribution is -2.28. The average Bonchev–Trinajstić information content (AvgIpc) is 2.84. The molecule has 1 aromatic carbocycles. The lowest BCUT2D eigenvalue weighted by molar-refractivity contribution is 0.553. The molecule has 1 aromatic heterocycles. The summed E-state index contributed by atoms with van der Waals surface area (Å²) >= 11 is 0. The van der Waals surface area contributed by atoms with Gasteiger partial charge in [0.2, 0.25) is 10.0 Å². The van der Waals surface area contributed by atoms with Crippen LogP contribution < -0.4 is 10.5 Å². The summed E-state index contributed by atoms with van der Waals surface area (Å²) in [5.74, 6) is 0.550. The Morgan fingerprint density at radius 1 is 1.43 bits per heavy atom. The zero-order valence-electron chi connectivity index (χ0n) is 12.2. The molecule has 0 radical (unpaired) electrons. The van der Waals surface area contributed by atoms with E-state index in [4.69, 9.17) is 5.73 Å². The van der Waals surface area contributed by atoms with E-state index < -0.39 is 16.1 Å². The smallest absolute Gasteiger partial charge is 0.241 e. The minimum absolute atomic E-state index is 0.214. The van der Waals surface area contributed by atoms with Crippen molar-refractivity contribution >= 4 is 10.0 Å². The number of hydrogen-bond donors (Lipinski definition) is 2. The molecule has 0 aliphatic heterocycles. The molecule has 0 spiro atoms. The van der Waals surface area contributed by atoms with Gasteiger partial charge in [0.1, 0.15) is 12.2 Å². The first kappa shape index (κ1) is 15.6. The van der Waals surface area contributed by atoms with Crippen molar-refractivity contribution < 1.29 is 8.42 Å². The van der Waals surface area contributed by atoms with Crippen LogP contribution in [0.25, 0.3) is 0 Å². The fourth-order valence-electron chi connectivity index (χ4n) is 2.10. The molecule has 0 fully saturated rings. The van der Waals surface area contributed by atoms with Gasteiger partial charge in [-0.3, -0.25) is 0 Å². The highest BCUT2D eigenvalue weighted by atomic mass is 32.2. The van der Waals surface area contributed by atoms with E-state index in [1.165, 1.54) is 6.33 Å². The lowest BCUT2D eigenvalue weighted by Gasteiger charge is -2.14. The summed E-state index contributed by atoms with van der Waals surface area (Å²) in [5, 5.41) is 7.65. The normalized spacial score (nSPS) is 13.3. The number of aromatic nitrogens is 3. The average molecular weight is 309 g/mol. The van der Waals surface area contributed by atoms with Crippen LogP contribution >= 0.6 is 0 Å². The topological polar surface area (TPSA) is 103 Å². The Hall–Kier alpha value is -1.77. The van der Waals surface area contributed by atoms with Gasteiger partial charge in [-0.05, 0) is 37.1 Å². The predicted molar refractivity (Wildman–Crippen MR) is 78.8 cm³/mol. The van der Waals surface area contributed by atoms with E-state index >= 15 is 0 Å². The van der Waals surface area contributed by atoms with Gasteiger partial charge in [0, 0.05) is 13.6 Å². The monoisotopic (exact) mass is 309 g/mol. The van der Waals surface area contributed by atoms with Gasteiger partial charge in [0.15, 0.2) is 0 Å². The summed E-state index contributed by atoms with van der Waals surface area (Å²) < 4.78 is 29.1. The van der Waals surface area contributed by atoms with Gasteiger partial charge in [-0.1, -0.05) is 6.07 Å². The molecule has 2 rings (SSSR count). The lowest BCUT2D eigenvalue weighted by atomic mass is 10.1. The largest absolute Gasteiger partial charge is 0.326 e. The SMILES string of the molecule is Cc1cc(S(=O)(=O)NC(C)c2nncn2C)ccc1CN. The number of nitrogens with zero attached hydrogens (tertiary/aromatic N) is 3. The number of benzene rings is 1. The summed E-state index contributed by atoms with van der Waals surface area (Å²) in [6, 6.07) is 4.43. The quantitative estimate of drug-likeness (QED) is 0.843. The van der Waals surface area contributed by atoms with Crippen LogP contribution in [0.2, 0.25) is 0 Å². The van der Waals surface area contributed by atoms with Crippen LogP contribution in [0, 0.1) is 6.92 Å². The standard InChI is InChI=1S/C13H19N5O2S/c1-9-6-12(5-4-11(9)7-14)21(19,20)17-10(2)13-16-15-8-18(13)3/h4-6,8,10,17H,7,14H2,1-3H3. The van der Waals surface area contributed by atoms with E-state index in [2.05, 4.69) is 14.9 Å². The van der Waals surface area contributed by atoms with Gasteiger partial charge in [-0.2, -0.15) is 0 Å². The third-order valence-corrected chi connectivity index (χ3v) is 4.85. The van der Waals surface area contributed by atoms with E-state index in [-0.39, 0.29) is 4.90 Å². The number of rotatable bonds is 5. The van der Waals surface area contributed by atoms with Crippen molar-refractivity contribution in [2.75, 3.05) is 0 Å². The van der Waals surface area contributed by atoms with Crippen molar-refractivity contribution in [2.24, 2.45) is 12.8 Å². The van der Waals surface area contributed by atoms with Crippen LogP contribution in [-0.2, 0) is 23.6 Å². The molecule has 1 unspecified atom stereocenters. The predicted octanol–water partition coefficient (Wildman–Crippen LogP) is 0.622. The van der Waals surface area contributed by atoms with E-state index in [9.17, 15) is 8.42 Å². The van der Waals surface area contributed by atoms with Crippen LogP contribution in [-0.4, -0.2) is 23.2 Å². The van der Waals surface area contributed by atoms with E-state index in [0.29, 0.717) is 12.4 Å². The molecule has 114 valence electrons. The molecule has 3 N–H and O–H groups in total. The maximum atomic E-state index is 12.4. The first-order valence-corrected chi connectivity index (χ1v) is 7.99. The fourth-order valence-corrected chi connectivity index (χ4v) is 3.39. The Morgan fingerprint density at radius 2 is 2.14 bits per heavy atom. The van der Waals surface area contributed by atoms with Gasteiger partial charge < -0.3 is 10.3 Å². The van der Waals surface area contributed by atoms with Crippen LogP contribution in [0.1, 0.15) is 29.9 Å². The Kier molecular flexibility index (Phi) is 4.40. The maximum absolute atomic E-state index is 12.4. The third kappa shape index (κ3) is 3.29. The minimum Gasteiger partial charge on any atom is -0.326 e. The van der Waals surface area contributed by atoms with Gasteiger partial charge in [-0.15, -0.1) is 10.2 Å². The maximum Gasteiger partial charge on any atom is 0.241 e. The molecule has 0 saturated heterocycles. The van der Waals surface area contributed by atoms with Gasteiger partial charge in [0.25, 0.3) is 0 Å². The van der Waals surface area contributed by atoms with Crippen LogP contribution in [0.3, 0.4) is 0 Å². The molecule has 7 nitrogen and oxygen atoms in total. The fraction of sp³-hybridized carbons (Fsp3) is 0.385. The number of nitrogens with two attached hydrogens (primary N) is 1. The van der Waals surface area contributed by atoms with Crippen LogP contribution in [0.15, 0.2) is 29.4 Å². The van der Waals surface area contributed by atoms with E-state index in [1.54, 1.807) is 36.7 Å². The molecule has 1 atom stereocenters. The Morgan fingerprint density at radius 3 is 2.67 bits per heavy atom. The zero-order chi connectivity index (χ0) is 15.6. The number of aryl methyl sites for hydroxylation is 2. The molecule has 0 saturated carbocycles. The van der Waals surface area contributed by atoms with Crippen molar-refractivity contribution in [1.82, 2.24) is 19.5 Å². The van der Waals surface area contributed by atoms with Crippen LogP contribution in [0.4, 0.5) is 0 Å². The Labute approximate surface area is 124 Å². The van der Waals surface area contributed by atoms with Crippen molar-refractivity contribution in [1.29, 1.82) is 0 Å². The molecule has 2 aromatic rings. The van der Waals surface area contributed by atoms with Gasteiger partial charge in [0.05, 0.1) is 10.9 Å². The van der Waals surface area contributed by atoms with E-state index in [1.807, 2.05) is 6.92 Å². The first-order valence-electron chi connectivity index (χ1n) is 6.51. The van der Waals surface area contributed by atoms with Crippen molar-refractivity contribution in [3.05, 3.63) is 41.5 Å². The molecule has 0 aliphatic rings. The third-order valence-electron chi connectivity index (χ3n) is 3.31. The first-order chi connectivity index (χ1) is 9.85. The summed E-state index contributed by atoms with van der Waals surface area (Å²) in [7, 11) is -1.86. The summed E-state index contributed by atoms with van der Waals surface area (Å²) in [4.78, 5) is 0.214. The number of hydrogen-bond acceptors (Lipinski definition) is 5. The Bertz CT molecular complexity index is 739. The summed E-state index contributed by atoms with van der Waals surface area (Å²) in [5.41, 5.74) is 7.37. The molecule has 0 amide bonds. The summed E-state index contributed by atoms with van der Waals surface area (Å²) in [6.07, 6.45) is 1.53. The molecule has 21 heavy (non-hydrogen) atoms. The second-order valence-corrected chi connectivity index (χ2v) is 6.65. The van der Waals surface area contributed by atoms with Gasteiger partial charge >= 0.3 is 0 Å². The molecule has 0 aliphatic carbocycles. The molecule has 8 heteroatoms. The molecular weight excluding hydrogens is 290 g/mol. The van der Waals surface area contributed by atoms with Crippen molar-refractivity contribution in [2.45, 2.75) is 31.3 Å². The second-order valence-electron chi connectivity index (χ2n) is 4.94. The number of sulfonamides is 1. The van der Waals surface area contributed by atoms with E-state index in [0.717, 1.165) is 11.1 Å². The highest BCUT2D eigenvalue weighted by Crippen LogP contribution is 2.18. The highest BCUT2D eigenvalue weighted by Gasteiger charge is 2.21. The van der Waals surface area contributed by atoms with Crippen LogP contribution in [0.5, 0.6) is 0 Å². The number of nitrogens with one attached hydrogen (secondary N) is 1. The second kappa shape index (κ2) is 5.92. The Balaban J connectivity index is 2.26. The van der Waals surface area contributed by atoms with Crippen molar-refractivity contribution in [3.8, 4) is 0 Å². The van der Waals surface area contributed by atoms with Gasteiger partial charge in [-0.25, -0.2) is 13.1 Å². The molecule has 1 heterocycles.